The second-order valence-electron chi connectivity index (χ2n) is 9.20. The van der Waals surface area contributed by atoms with Crippen molar-refractivity contribution in [1.82, 2.24) is 15.1 Å². The van der Waals surface area contributed by atoms with Gasteiger partial charge in [0, 0.05) is 18.8 Å². The Labute approximate surface area is 168 Å². The van der Waals surface area contributed by atoms with Crippen LogP contribution in [0.15, 0.2) is 30.6 Å². The van der Waals surface area contributed by atoms with Gasteiger partial charge in [-0.2, -0.15) is 5.10 Å². The lowest BCUT2D eigenvalue weighted by Gasteiger charge is -2.27. The van der Waals surface area contributed by atoms with Crippen LogP contribution in [0.4, 0.5) is 4.39 Å². The molecule has 2 aromatic rings. The highest BCUT2D eigenvalue weighted by Crippen LogP contribution is 2.28. The first-order chi connectivity index (χ1) is 13.0. The maximum absolute atomic E-state index is 14.3. The van der Waals surface area contributed by atoms with Crippen LogP contribution in [0, 0.1) is 11.7 Å². The van der Waals surface area contributed by atoms with E-state index in [1.54, 1.807) is 6.07 Å². The monoisotopic (exact) mass is 387 g/mol. The van der Waals surface area contributed by atoms with Crippen molar-refractivity contribution in [2.45, 2.75) is 78.8 Å². The molecule has 1 atom stereocenters. The van der Waals surface area contributed by atoms with Crippen LogP contribution in [0.3, 0.4) is 0 Å². The van der Waals surface area contributed by atoms with Gasteiger partial charge < -0.3 is 5.32 Å². The molecule has 0 radical (unpaired) electrons. The van der Waals surface area contributed by atoms with Crippen LogP contribution in [-0.4, -0.2) is 21.7 Å². The first kappa shape index (κ1) is 22.1. The van der Waals surface area contributed by atoms with Gasteiger partial charge in [0.15, 0.2) is 0 Å². The Morgan fingerprint density at radius 1 is 1.21 bits per heavy atom. The second kappa shape index (κ2) is 8.89. The van der Waals surface area contributed by atoms with Gasteiger partial charge in [-0.25, -0.2) is 4.39 Å². The van der Waals surface area contributed by atoms with Crippen LogP contribution in [0.25, 0.3) is 0 Å². The Kier molecular flexibility index (Phi) is 7.02. The van der Waals surface area contributed by atoms with Crippen LogP contribution < -0.4 is 5.32 Å². The molecule has 1 unspecified atom stereocenters. The minimum atomic E-state index is -0.467. The third kappa shape index (κ3) is 5.66. The zero-order valence-corrected chi connectivity index (χ0v) is 18.2. The van der Waals surface area contributed by atoms with Crippen molar-refractivity contribution in [1.29, 1.82) is 0 Å². The van der Waals surface area contributed by atoms with Crippen molar-refractivity contribution in [2.24, 2.45) is 5.92 Å². The lowest BCUT2D eigenvalue weighted by Crippen LogP contribution is -2.37. The van der Waals surface area contributed by atoms with Gasteiger partial charge in [-0.1, -0.05) is 47.6 Å². The summed E-state index contributed by atoms with van der Waals surface area (Å²) >= 11 is 0. The number of carbonyl (C=O) groups excluding carboxylic acids is 1. The summed E-state index contributed by atoms with van der Waals surface area (Å²) in [6, 6.07) is 4.76. The normalized spacial score (nSPS) is 13.2. The van der Waals surface area contributed by atoms with Crippen LogP contribution in [0.2, 0.25) is 0 Å². The molecule has 0 spiro atoms. The predicted molar refractivity (Wildman–Crippen MR) is 112 cm³/mol. The lowest BCUT2D eigenvalue weighted by molar-refractivity contribution is 0.0930. The molecule has 0 aliphatic rings. The van der Waals surface area contributed by atoms with E-state index in [9.17, 15) is 9.18 Å². The largest absolute Gasteiger partial charge is 0.349 e. The molecule has 0 bridgehead atoms. The van der Waals surface area contributed by atoms with Gasteiger partial charge in [0.05, 0.1) is 11.8 Å². The van der Waals surface area contributed by atoms with E-state index in [2.05, 4.69) is 44.3 Å². The first-order valence-electron chi connectivity index (χ1n) is 10.1. The maximum atomic E-state index is 14.3. The summed E-state index contributed by atoms with van der Waals surface area (Å²) in [5, 5.41) is 7.40. The number of aromatic nitrogens is 2. The molecule has 0 aliphatic heterocycles. The molecule has 2 rings (SSSR count). The molecule has 0 saturated carbocycles. The van der Waals surface area contributed by atoms with Crippen LogP contribution in [0.5, 0.6) is 0 Å². The van der Waals surface area contributed by atoms with Crippen LogP contribution in [-0.2, 0) is 12.0 Å². The van der Waals surface area contributed by atoms with Crippen LogP contribution >= 0.6 is 0 Å². The Hall–Kier alpha value is -2.17. The summed E-state index contributed by atoms with van der Waals surface area (Å²) in [4.78, 5) is 12.5. The fourth-order valence-corrected chi connectivity index (χ4v) is 3.50. The van der Waals surface area contributed by atoms with E-state index >= 15 is 0 Å². The molecule has 5 heteroatoms. The third-order valence-electron chi connectivity index (χ3n) is 5.07. The van der Waals surface area contributed by atoms with E-state index in [0.717, 1.165) is 24.1 Å². The summed E-state index contributed by atoms with van der Waals surface area (Å²) in [5.41, 5.74) is 1.98. The fraction of sp³-hybridized carbons (Fsp3) is 0.565. The standard InChI is InChI=1S/C23H34FN3O/c1-15(2)13-27-14-19(12-25-27)23(6,7)11-17(5)26-22(28)20-9-8-18(16(3)4)10-21(20)24/h8-10,12,14-17H,11,13H2,1-7H3,(H,26,28). The van der Waals surface area contributed by atoms with E-state index in [4.69, 9.17) is 0 Å². The molecule has 1 heterocycles. The summed E-state index contributed by atoms with van der Waals surface area (Å²) in [6.45, 7) is 15.5. The van der Waals surface area contributed by atoms with Gasteiger partial charge >= 0.3 is 0 Å². The second-order valence-corrected chi connectivity index (χ2v) is 9.20. The highest BCUT2D eigenvalue weighted by Gasteiger charge is 2.26. The van der Waals surface area contributed by atoms with E-state index in [0.29, 0.717) is 5.92 Å². The Balaban J connectivity index is 2.03. The number of benzene rings is 1. The molecule has 1 N–H and O–H groups in total. The van der Waals surface area contributed by atoms with Gasteiger partial charge in [0.1, 0.15) is 5.82 Å². The van der Waals surface area contributed by atoms with Crippen LogP contribution in [0.1, 0.15) is 82.3 Å². The van der Waals surface area contributed by atoms with Gasteiger partial charge in [-0.05, 0) is 53.9 Å². The quantitative estimate of drug-likeness (QED) is 0.669. The molecule has 0 saturated heterocycles. The van der Waals surface area contributed by atoms with Crippen molar-refractivity contribution < 1.29 is 9.18 Å². The van der Waals surface area contributed by atoms with Gasteiger partial charge in [0.2, 0.25) is 0 Å². The highest BCUT2D eigenvalue weighted by molar-refractivity contribution is 5.94. The van der Waals surface area contributed by atoms with Crippen molar-refractivity contribution >= 4 is 5.91 Å². The minimum absolute atomic E-state index is 0.0961. The molecule has 0 fully saturated rings. The van der Waals surface area contributed by atoms with Crippen molar-refractivity contribution in [3.05, 3.63) is 53.1 Å². The summed E-state index contributed by atoms with van der Waals surface area (Å²) in [6.07, 6.45) is 4.72. The highest BCUT2D eigenvalue weighted by atomic mass is 19.1. The van der Waals surface area contributed by atoms with Crippen molar-refractivity contribution in [2.75, 3.05) is 0 Å². The molecule has 28 heavy (non-hydrogen) atoms. The number of hydrogen-bond acceptors (Lipinski definition) is 2. The Bertz CT molecular complexity index is 808. The molecule has 1 aromatic heterocycles. The van der Waals surface area contributed by atoms with E-state index in [1.807, 2.05) is 37.7 Å². The number of amides is 1. The number of carbonyl (C=O) groups is 1. The lowest BCUT2D eigenvalue weighted by atomic mass is 9.81. The molecule has 4 nitrogen and oxygen atoms in total. The number of nitrogens with zero attached hydrogens (tertiary/aromatic N) is 2. The smallest absolute Gasteiger partial charge is 0.254 e. The van der Waals surface area contributed by atoms with Gasteiger partial charge in [-0.15, -0.1) is 0 Å². The molecule has 154 valence electrons. The van der Waals surface area contributed by atoms with Gasteiger partial charge in [0.25, 0.3) is 5.91 Å². The molecule has 1 amide bonds. The summed E-state index contributed by atoms with van der Waals surface area (Å²) < 4.78 is 16.3. The topological polar surface area (TPSA) is 46.9 Å². The molecular weight excluding hydrogens is 353 g/mol. The maximum Gasteiger partial charge on any atom is 0.254 e. The van der Waals surface area contributed by atoms with Crippen molar-refractivity contribution in [3.63, 3.8) is 0 Å². The Morgan fingerprint density at radius 3 is 2.46 bits per heavy atom. The first-order valence-corrected chi connectivity index (χ1v) is 10.1. The number of nitrogens with one attached hydrogen (secondary N) is 1. The van der Waals surface area contributed by atoms with Gasteiger partial charge in [-0.3, -0.25) is 9.48 Å². The third-order valence-corrected chi connectivity index (χ3v) is 5.07. The van der Waals surface area contributed by atoms with E-state index < -0.39 is 5.82 Å². The Morgan fingerprint density at radius 2 is 1.89 bits per heavy atom. The zero-order valence-electron chi connectivity index (χ0n) is 18.2. The average molecular weight is 388 g/mol. The summed E-state index contributed by atoms with van der Waals surface area (Å²) in [7, 11) is 0. The van der Waals surface area contributed by atoms with Crippen molar-refractivity contribution in [3.8, 4) is 0 Å². The van der Waals surface area contributed by atoms with E-state index in [-0.39, 0.29) is 28.8 Å². The number of hydrogen-bond donors (Lipinski definition) is 1. The number of rotatable bonds is 8. The SMILES string of the molecule is CC(C)Cn1cc(C(C)(C)CC(C)NC(=O)c2ccc(C(C)C)cc2F)cn1. The predicted octanol–water partition coefficient (Wildman–Crippen LogP) is 5.29. The van der Waals surface area contributed by atoms with E-state index in [1.165, 1.54) is 6.07 Å². The summed E-state index contributed by atoms with van der Waals surface area (Å²) in [5.74, 6) is -0.0780. The molecule has 0 aliphatic carbocycles. The fourth-order valence-electron chi connectivity index (χ4n) is 3.50. The molecule has 1 aromatic carbocycles. The number of halogens is 1. The molecular formula is C23H34FN3O. The minimum Gasteiger partial charge on any atom is -0.349 e. The zero-order chi connectivity index (χ0) is 21.1. The average Bonchev–Trinajstić information content (AvgIpc) is 3.02.